The number of para-hydroxylation sites is 1. The number of Topliss-reactive ketones (excluding diaryl/α,β-unsaturated/α-hetero) is 2. The minimum absolute atomic E-state index is 0.206. The molecule has 0 bridgehead atoms. The van der Waals surface area contributed by atoms with Crippen LogP contribution in [0.4, 0.5) is 11.4 Å². The molecule has 3 rings (SSSR count). The summed E-state index contributed by atoms with van der Waals surface area (Å²) in [7, 11) is 0. The molecule has 0 spiro atoms. The van der Waals surface area contributed by atoms with Crippen LogP contribution in [0.25, 0.3) is 0 Å². The highest BCUT2D eigenvalue weighted by atomic mass is 35.5. The summed E-state index contributed by atoms with van der Waals surface area (Å²) in [4.78, 5) is 38.1. The van der Waals surface area contributed by atoms with Crippen molar-refractivity contribution in [3.63, 3.8) is 0 Å². The van der Waals surface area contributed by atoms with E-state index in [4.69, 9.17) is 23.2 Å². The van der Waals surface area contributed by atoms with E-state index in [9.17, 15) is 14.4 Å². The molecule has 0 radical (unpaired) electrons. The van der Waals surface area contributed by atoms with Crippen molar-refractivity contribution in [3.8, 4) is 0 Å². The smallest absolute Gasteiger partial charge is 0.292 e. The third kappa shape index (κ3) is 4.53. The summed E-state index contributed by atoms with van der Waals surface area (Å²) in [5.74, 6) is -2.16. The lowest BCUT2D eigenvalue weighted by atomic mass is 10.1. The van der Waals surface area contributed by atoms with E-state index in [1.54, 1.807) is 6.92 Å². The zero-order chi connectivity index (χ0) is 19.6. The van der Waals surface area contributed by atoms with Gasteiger partial charge in [0.2, 0.25) is 5.78 Å². The third-order valence-electron chi connectivity index (χ3n) is 3.77. The number of thioether (sulfide) groups is 1. The van der Waals surface area contributed by atoms with E-state index in [0.29, 0.717) is 15.6 Å². The molecule has 2 aromatic rings. The van der Waals surface area contributed by atoms with Crippen LogP contribution in [0.5, 0.6) is 0 Å². The molecule has 0 saturated carbocycles. The molecule has 0 fully saturated rings. The number of amides is 1. The number of rotatable bonds is 5. The molecule has 0 atom stereocenters. The highest BCUT2D eigenvalue weighted by molar-refractivity contribution is 8.04. The Bertz CT molecular complexity index is 989. The van der Waals surface area contributed by atoms with E-state index in [0.717, 1.165) is 10.6 Å². The lowest BCUT2D eigenvalue weighted by Crippen LogP contribution is -2.26. The van der Waals surface area contributed by atoms with Gasteiger partial charge in [0, 0.05) is 15.6 Å². The molecular formula is C19H14Cl2N2O3S. The fraction of sp³-hybridized carbons (Fsp3) is 0.105. The molecule has 27 heavy (non-hydrogen) atoms. The third-order valence-corrected chi connectivity index (χ3v) is 5.63. The second-order valence-corrected chi connectivity index (χ2v) is 7.67. The maximum absolute atomic E-state index is 12.5. The summed E-state index contributed by atoms with van der Waals surface area (Å²) in [6.07, 6.45) is -0.527. The van der Waals surface area contributed by atoms with Gasteiger partial charge in [-0.15, -0.1) is 0 Å². The maximum atomic E-state index is 12.5. The van der Waals surface area contributed by atoms with Crippen LogP contribution in [-0.2, 0) is 14.4 Å². The zero-order valence-corrected chi connectivity index (χ0v) is 16.5. The molecule has 1 heterocycles. The second kappa shape index (κ2) is 8.17. The second-order valence-electron chi connectivity index (χ2n) is 5.78. The van der Waals surface area contributed by atoms with E-state index in [2.05, 4.69) is 10.6 Å². The highest BCUT2D eigenvalue weighted by Gasteiger charge is 2.26. The molecule has 0 unspecified atom stereocenters. The van der Waals surface area contributed by atoms with Crippen molar-refractivity contribution in [1.82, 2.24) is 0 Å². The largest absolute Gasteiger partial charge is 0.357 e. The van der Waals surface area contributed by atoms with E-state index >= 15 is 0 Å². The van der Waals surface area contributed by atoms with Crippen molar-refractivity contribution >= 4 is 63.8 Å². The van der Waals surface area contributed by atoms with Gasteiger partial charge in [-0.3, -0.25) is 14.4 Å². The molecule has 8 heteroatoms. The first-order valence-electron chi connectivity index (χ1n) is 7.92. The standard InChI is InChI=1S/C19H14Cl2N2O3S/c1-10-18(27-17-5-3-2-4-14(17)22-10)15(24)9-16(25)19(26)23-13-7-6-11(20)8-12(13)21/h2-8,22H,9H2,1H3,(H,23,26). The number of fused-ring (bicyclic) bond motifs is 1. The average molecular weight is 421 g/mol. The van der Waals surface area contributed by atoms with Crippen molar-refractivity contribution in [2.24, 2.45) is 0 Å². The van der Waals surface area contributed by atoms with Gasteiger partial charge in [0.1, 0.15) is 0 Å². The number of carbonyl (C=O) groups excluding carboxylic acids is 3. The first-order chi connectivity index (χ1) is 12.8. The van der Waals surface area contributed by atoms with Crippen LogP contribution in [-0.4, -0.2) is 17.5 Å². The van der Waals surface area contributed by atoms with Crippen LogP contribution >= 0.6 is 35.0 Å². The van der Waals surface area contributed by atoms with Gasteiger partial charge in [-0.25, -0.2) is 0 Å². The maximum Gasteiger partial charge on any atom is 0.292 e. The minimum Gasteiger partial charge on any atom is -0.357 e. The quantitative estimate of drug-likeness (QED) is 0.530. The van der Waals surface area contributed by atoms with Gasteiger partial charge in [0.15, 0.2) is 5.78 Å². The fourth-order valence-electron chi connectivity index (χ4n) is 2.46. The van der Waals surface area contributed by atoms with Crippen molar-refractivity contribution in [2.45, 2.75) is 18.2 Å². The van der Waals surface area contributed by atoms with E-state index in [1.807, 2.05) is 24.3 Å². The fourth-order valence-corrected chi connectivity index (χ4v) is 3.90. The Morgan fingerprint density at radius 2 is 1.85 bits per heavy atom. The summed E-state index contributed by atoms with van der Waals surface area (Å²) < 4.78 is 0. The topological polar surface area (TPSA) is 75.3 Å². The summed E-state index contributed by atoms with van der Waals surface area (Å²) >= 11 is 13.1. The molecule has 1 amide bonds. The van der Waals surface area contributed by atoms with Crippen molar-refractivity contribution in [3.05, 3.63) is 63.1 Å². The molecular weight excluding hydrogens is 407 g/mol. The molecule has 1 aliphatic heterocycles. The number of nitrogens with one attached hydrogen (secondary N) is 2. The van der Waals surface area contributed by atoms with E-state index in [1.165, 1.54) is 30.0 Å². The molecule has 5 nitrogen and oxygen atoms in total. The zero-order valence-electron chi connectivity index (χ0n) is 14.1. The molecule has 0 aliphatic carbocycles. The predicted octanol–water partition coefficient (Wildman–Crippen LogP) is 4.91. The van der Waals surface area contributed by atoms with Gasteiger partial charge in [-0.05, 0) is 37.3 Å². The van der Waals surface area contributed by atoms with Crippen molar-refractivity contribution in [1.29, 1.82) is 0 Å². The van der Waals surface area contributed by atoms with Crippen LogP contribution in [0.2, 0.25) is 10.0 Å². The first-order valence-corrected chi connectivity index (χ1v) is 9.49. The lowest BCUT2D eigenvalue weighted by molar-refractivity contribution is -0.136. The lowest BCUT2D eigenvalue weighted by Gasteiger charge is -2.21. The number of hydrogen-bond donors (Lipinski definition) is 2. The Kier molecular flexibility index (Phi) is 5.89. The first kappa shape index (κ1) is 19.5. The van der Waals surface area contributed by atoms with Gasteiger partial charge in [0.05, 0.1) is 27.7 Å². The van der Waals surface area contributed by atoms with Gasteiger partial charge in [-0.2, -0.15) is 0 Å². The van der Waals surface area contributed by atoms with Crippen LogP contribution < -0.4 is 10.6 Å². The molecule has 2 aromatic carbocycles. The SMILES string of the molecule is CC1=C(C(=O)CC(=O)C(=O)Nc2ccc(Cl)cc2Cl)Sc2ccccc2N1. The summed E-state index contributed by atoms with van der Waals surface area (Å²) in [6.45, 7) is 1.76. The predicted molar refractivity (Wildman–Crippen MR) is 108 cm³/mol. The Balaban J connectivity index is 1.67. The Morgan fingerprint density at radius 1 is 1.11 bits per heavy atom. The van der Waals surface area contributed by atoms with Gasteiger partial charge in [0.25, 0.3) is 5.91 Å². The molecule has 0 saturated heterocycles. The summed E-state index contributed by atoms with van der Waals surface area (Å²) in [5, 5.41) is 6.16. The van der Waals surface area contributed by atoms with Crippen LogP contribution in [0, 0.1) is 0 Å². The number of allylic oxidation sites excluding steroid dienone is 2. The number of hydrogen-bond acceptors (Lipinski definition) is 5. The van der Waals surface area contributed by atoms with Crippen LogP contribution in [0.3, 0.4) is 0 Å². The average Bonchev–Trinajstić information content (AvgIpc) is 2.63. The van der Waals surface area contributed by atoms with Gasteiger partial charge in [-0.1, -0.05) is 47.1 Å². The number of carbonyl (C=O) groups is 3. The number of anilines is 2. The highest BCUT2D eigenvalue weighted by Crippen LogP contribution is 2.40. The van der Waals surface area contributed by atoms with Crippen LogP contribution in [0.1, 0.15) is 13.3 Å². The summed E-state index contributed by atoms with van der Waals surface area (Å²) in [5.41, 5.74) is 1.81. The Labute approximate surface area is 170 Å². The van der Waals surface area contributed by atoms with E-state index in [-0.39, 0.29) is 10.7 Å². The Morgan fingerprint density at radius 3 is 2.59 bits per heavy atom. The Hall–Kier alpha value is -2.28. The van der Waals surface area contributed by atoms with E-state index < -0.39 is 23.9 Å². The number of ketones is 2. The normalized spacial score (nSPS) is 12.9. The van der Waals surface area contributed by atoms with Crippen molar-refractivity contribution in [2.75, 3.05) is 10.6 Å². The minimum atomic E-state index is -0.903. The number of halogens is 2. The molecule has 138 valence electrons. The summed E-state index contributed by atoms with van der Waals surface area (Å²) in [6, 6.07) is 12.0. The van der Waals surface area contributed by atoms with Crippen LogP contribution in [0.15, 0.2) is 58.0 Å². The van der Waals surface area contributed by atoms with Crippen molar-refractivity contribution < 1.29 is 14.4 Å². The molecule has 0 aromatic heterocycles. The number of benzene rings is 2. The monoisotopic (exact) mass is 420 g/mol. The molecule has 2 N–H and O–H groups in total. The molecule has 1 aliphatic rings. The van der Waals surface area contributed by atoms with Gasteiger partial charge >= 0.3 is 0 Å². The van der Waals surface area contributed by atoms with Gasteiger partial charge < -0.3 is 10.6 Å².